The molecule has 88 valence electrons. The van der Waals surface area contributed by atoms with Gasteiger partial charge in [-0.25, -0.2) is 0 Å². The van der Waals surface area contributed by atoms with E-state index in [0.29, 0.717) is 12.0 Å². The van der Waals surface area contributed by atoms with Crippen molar-refractivity contribution in [1.29, 1.82) is 0 Å². The molecule has 1 aliphatic heterocycles. The number of nitrogens with one attached hydrogen (secondary N) is 1. The van der Waals surface area contributed by atoms with Crippen LogP contribution in [0.15, 0.2) is 0 Å². The van der Waals surface area contributed by atoms with E-state index in [4.69, 9.17) is 17.0 Å². The lowest BCUT2D eigenvalue weighted by Gasteiger charge is -2.33. The number of hydrogen-bond donors (Lipinski definition) is 1. The molecule has 0 aliphatic carbocycles. The smallest absolute Gasteiger partial charge is 0.168 e. The van der Waals surface area contributed by atoms with Crippen molar-refractivity contribution in [3.05, 3.63) is 0 Å². The first kappa shape index (κ1) is 12.7. The van der Waals surface area contributed by atoms with E-state index in [1.54, 1.807) is 0 Å². The Kier molecular flexibility index (Phi) is 5.32. The van der Waals surface area contributed by atoms with Gasteiger partial charge in [-0.2, -0.15) is 0 Å². The maximum atomic E-state index is 5.35. The van der Waals surface area contributed by atoms with E-state index in [1.807, 2.05) is 0 Å². The fourth-order valence-electron chi connectivity index (χ4n) is 1.65. The Labute approximate surface area is 98.2 Å². The van der Waals surface area contributed by atoms with Crippen LogP contribution in [0.3, 0.4) is 0 Å². The third kappa shape index (κ3) is 4.34. The third-order valence-electron chi connectivity index (χ3n) is 2.72. The van der Waals surface area contributed by atoms with Crippen molar-refractivity contribution in [1.82, 2.24) is 10.2 Å². The molecule has 0 spiro atoms. The van der Waals surface area contributed by atoms with Crippen molar-refractivity contribution in [2.75, 3.05) is 26.8 Å². The van der Waals surface area contributed by atoms with E-state index in [9.17, 15) is 0 Å². The summed E-state index contributed by atoms with van der Waals surface area (Å²) in [7, 11) is 2.08. The summed E-state index contributed by atoms with van der Waals surface area (Å²) in [5.41, 5.74) is 0. The van der Waals surface area contributed by atoms with Crippen LogP contribution in [0.2, 0.25) is 0 Å². The number of rotatable bonds is 3. The number of thiocarbonyl (C=S) groups is 1. The van der Waals surface area contributed by atoms with Crippen molar-refractivity contribution in [2.45, 2.75) is 32.7 Å². The van der Waals surface area contributed by atoms with Crippen molar-refractivity contribution in [3.63, 3.8) is 0 Å². The molecule has 0 radical (unpaired) electrons. The van der Waals surface area contributed by atoms with E-state index in [-0.39, 0.29) is 0 Å². The van der Waals surface area contributed by atoms with Gasteiger partial charge in [-0.1, -0.05) is 13.8 Å². The van der Waals surface area contributed by atoms with Gasteiger partial charge in [0.2, 0.25) is 0 Å². The molecule has 3 nitrogen and oxygen atoms in total. The van der Waals surface area contributed by atoms with Crippen LogP contribution >= 0.6 is 12.2 Å². The van der Waals surface area contributed by atoms with Crippen LogP contribution in [0.25, 0.3) is 0 Å². The van der Waals surface area contributed by atoms with E-state index in [1.165, 1.54) is 0 Å². The molecule has 15 heavy (non-hydrogen) atoms. The summed E-state index contributed by atoms with van der Waals surface area (Å²) in [6, 6.07) is 0.547. The highest BCUT2D eigenvalue weighted by molar-refractivity contribution is 7.80. The molecule has 1 fully saturated rings. The van der Waals surface area contributed by atoms with Crippen molar-refractivity contribution in [3.8, 4) is 0 Å². The largest absolute Gasteiger partial charge is 0.381 e. The average molecular weight is 230 g/mol. The molecule has 1 aliphatic rings. The lowest BCUT2D eigenvalue weighted by molar-refractivity contribution is 0.0603. The molecule has 0 bridgehead atoms. The SMILES string of the molecule is CC(C)CNC(=S)N(C)C1CCOCC1. The summed E-state index contributed by atoms with van der Waals surface area (Å²) < 4.78 is 5.34. The predicted octanol–water partition coefficient (Wildman–Crippen LogP) is 1.63. The van der Waals surface area contributed by atoms with Crippen molar-refractivity contribution < 1.29 is 4.74 Å². The normalized spacial score (nSPS) is 17.9. The van der Waals surface area contributed by atoms with Gasteiger partial charge in [0.25, 0.3) is 0 Å². The lowest BCUT2D eigenvalue weighted by atomic mass is 10.1. The van der Waals surface area contributed by atoms with E-state index >= 15 is 0 Å². The summed E-state index contributed by atoms with van der Waals surface area (Å²) in [4.78, 5) is 2.18. The summed E-state index contributed by atoms with van der Waals surface area (Å²) in [6.07, 6.45) is 2.17. The molecule has 1 N–H and O–H groups in total. The zero-order chi connectivity index (χ0) is 11.3. The maximum Gasteiger partial charge on any atom is 0.168 e. The number of ether oxygens (including phenoxy) is 1. The molecule has 0 aromatic carbocycles. The maximum absolute atomic E-state index is 5.35. The minimum absolute atomic E-state index is 0.547. The molecular weight excluding hydrogens is 208 g/mol. The Hall–Kier alpha value is -0.350. The van der Waals surface area contributed by atoms with Gasteiger partial charge >= 0.3 is 0 Å². The number of hydrogen-bond acceptors (Lipinski definition) is 2. The van der Waals surface area contributed by atoms with E-state index in [2.05, 4.69) is 31.1 Å². The molecule has 0 aromatic heterocycles. The summed E-state index contributed by atoms with van der Waals surface area (Å²) in [6.45, 7) is 7.05. The third-order valence-corrected chi connectivity index (χ3v) is 3.15. The van der Waals surface area contributed by atoms with Crippen molar-refractivity contribution in [2.24, 2.45) is 5.92 Å². The molecule has 0 aromatic rings. The second kappa shape index (κ2) is 6.28. The van der Waals surface area contributed by atoms with Gasteiger partial charge in [0.15, 0.2) is 5.11 Å². The summed E-state index contributed by atoms with van der Waals surface area (Å²) in [5.74, 6) is 0.631. The molecule has 1 rings (SSSR count). The van der Waals surface area contributed by atoms with Crippen LogP contribution in [0.4, 0.5) is 0 Å². The second-order valence-corrected chi connectivity index (χ2v) is 4.92. The second-order valence-electron chi connectivity index (χ2n) is 4.53. The minimum Gasteiger partial charge on any atom is -0.381 e. The average Bonchev–Trinajstić information content (AvgIpc) is 2.26. The molecule has 0 atom stereocenters. The Morgan fingerprint density at radius 3 is 2.60 bits per heavy atom. The summed E-state index contributed by atoms with van der Waals surface area (Å²) in [5, 5.41) is 4.17. The van der Waals surface area contributed by atoms with Gasteiger partial charge in [0.1, 0.15) is 0 Å². The Bertz CT molecular complexity index is 203. The van der Waals surface area contributed by atoms with Crippen LogP contribution in [-0.4, -0.2) is 42.9 Å². The van der Waals surface area contributed by atoms with Gasteiger partial charge < -0.3 is 15.0 Å². The Morgan fingerprint density at radius 1 is 1.47 bits per heavy atom. The highest BCUT2D eigenvalue weighted by Crippen LogP contribution is 2.12. The standard InChI is InChI=1S/C11H22N2OS/c1-9(2)8-12-11(15)13(3)10-4-6-14-7-5-10/h9-10H,4-8H2,1-3H3,(H,12,15). The lowest BCUT2D eigenvalue weighted by Crippen LogP contribution is -2.46. The molecule has 1 saturated heterocycles. The van der Waals surface area contributed by atoms with Crippen LogP contribution in [0.1, 0.15) is 26.7 Å². The molecule has 0 unspecified atom stereocenters. The molecule has 0 saturated carbocycles. The monoisotopic (exact) mass is 230 g/mol. The van der Waals surface area contributed by atoms with Gasteiger partial charge in [-0.15, -0.1) is 0 Å². The van der Waals surface area contributed by atoms with Crippen LogP contribution in [0, 0.1) is 5.92 Å². The van der Waals surface area contributed by atoms with Crippen LogP contribution < -0.4 is 5.32 Å². The fraction of sp³-hybridized carbons (Fsp3) is 0.909. The first-order valence-electron chi connectivity index (χ1n) is 5.69. The Balaban J connectivity index is 2.30. The first-order valence-corrected chi connectivity index (χ1v) is 6.10. The molecular formula is C11H22N2OS. The highest BCUT2D eigenvalue weighted by atomic mass is 32.1. The van der Waals surface area contributed by atoms with Crippen molar-refractivity contribution >= 4 is 17.3 Å². The molecule has 0 amide bonds. The fourth-order valence-corrected chi connectivity index (χ4v) is 1.89. The quantitative estimate of drug-likeness (QED) is 0.745. The van der Waals surface area contributed by atoms with Gasteiger partial charge in [-0.05, 0) is 31.0 Å². The van der Waals surface area contributed by atoms with E-state index < -0.39 is 0 Å². The van der Waals surface area contributed by atoms with Gasteiger partial charge in [-0.3, -0.25) is 0 Å². The number of nitrogens with zero attached hydrogens (tertiary/aromatic N) is 1. The minimum atomic E-state index is 0.547. The van der Waals surface area contributed by atoms with Crippen LogP contribution in [0.5, 0.6) is 0 Å². The highest BCUT2D eigenvalue weighted by Gasteiger charge is 2.19. The van der Waals surface area contributed by atoms with Crippen LogP contribution in [-0.2, 0) is 4.74 Å². The first-order chi connectivity index (χ1) is 7.11. The molecule has 4 heteroatoms. The van der Waals surface area contributed by atoms with Gasteiger partial charge in [0.05, 0.1) is 0 Å². The summed E-state index contributed by atoms with van der Waals surface area (Å²) >= 11 is 5.35. The molecule has 1 heterocycles. The zero-order valence-electron chi connectivity index (χ0n) is 9.95. The zero-order valence-corrected chi connectivity index (χ0v) is 10.8. The topological polar surface area (TPSA) is 24.5 Å². The Morgan fingerprint density at radius 2 is 2.07 bits per heavy atom. The van der Waals surface area contributed by atoms with E-state index in [0.717, 1.165) is 37.7 Å². The van der Waals surface area contributed by atoms with Gasteiger partial charge in [0, 0.05) is 32.8 Å². The predicted molar refractivity (Wildman–Crippen MR) is 67.0 cm³/mol.